The number of ether oxygens (including phenoxy) is 1. The van der Waals surface area contributed by atoms with E-state index in [-0.39, 0.29) is 35.0 Å². The molecule has 12 heteroatoms. The molecule has 5 rings (SSSR count). The lowest BCUT2D eigenvalue weighted by molar-refractivity contribution is -0.118. The molecule has 0 aliphatic rings. The Balaban J connectivity index is 1.35. The second-order valence-corrected chi connectivity index (χ2v) is 9.46. The smallest absolute Gasteiger partial charge is 0.354 e. The van der Waals surface area contributed by atoms with Crippen LogP contribution in [0.15, 0.2) is 73.1 Å². The van der Waals surface area contributed by atoms with Crippen LogP contribution in [0.4, 0.5) is 10.1 Å². The van der Waals surface area contributed by atoms with Gasteiger partial charge in [0.2, 0.25) is 5.91 Å². The summed E-state index contributed by atoms with van der Waals surface area (Å²) < 4.78 is 19.5. The van der Waals surface area contributed by atoms with Gasteiger partial charge < -0.3 is 20.4 Å². The van der Waals surface area contributed by atoms with Crippen LogP contribution in [0.25, 0.3) is 22.2 Å². The number of pyridine rings is 1. The van der Waals surface area contributed by atoms with Gasteiger partial charge in [0.05, 0.1) is 17.3 Å². The first-order valence-electron chi connectivity index (χ1n) is 12.6. The molecule has 0 radical (unpaired) electrons. The average Bonchev–Trinajstić information content (AvgIpc) is 3.63. The zero-order valence-electron chi connectivity index (χ0n) is 21.7. The molecule has 0 aliphatic heterocycles. The van der Waals surface area contributed by atoms with E-state index < -0.39 is 29.6 Å². The number of hydrogen-bond donors (Lipinski definition) is 4. The first-order valence-corrected chi connectivity index (χ1v) is 13.0. The fourth-order valence-electron chi connectivity index (χ4n) is 4.24. The average molecular weight is 575 g/mol. The number of fused-ring (bicyclic) bond motifs is 1. The monoisotopic (exact) mass is 574 g/mol. The summed E-state index contributed by atoms with van der Waals surface area (Å²) in [4.78, 5) is 45.6. The minimum absolute atomic E-state index is 0.0344. The molecule has 2 amide bonds. The first kappa shape index (κ1) is 27.5. The van der Waals surface area contributed by atoms with Gasteiger partial charge in [-0.3, -0.25) is 19.7 Å². The number of rotatable bonds is 9. The Labute approximate surface area is 238 Å². The number of aromatic amines is 2. The van der Waals surface area contributed by atoms with Crippen LogP contribution in [-0.2, 0) is 16.0 Å². The number of anilines is 1. The zero-order chi connectivity index (χ0) is 28.9. The zero-order valence-corrected chi connectivity index (χ0v) is 22.5. The predicted molar refractivity (Wildman–Crippen MR) is 151 cm³/mol. The van der Waals surface area contributed by atoms with Crippen LogP contribution in [0.1, 0.15) is 33.5 Å². The Kier molecular flexibility index (Phi) is 8.06. The summed E-state index contributed by atoms with van der Waals surface area (Å²) in [6, 6.07) is 15.1. The molecule has 0 bridgehead atoms. The summed E-state index contributed by atoms with van der Waals surface area (Å²) in [5.74, 6) is -2.22. The predicted octanol–water partition coefficient (Wildman–Crippen LogP) is 4.90. The van der Waals surface area contributed by atoms with E-state index in [2.05, 4.69) is 30.8 Å². The van der Waals surface area contributed by atoms with E-state index in [1.165, 1.54) is 18.2 Å². The SMILES string of the molecule is CCOC(=O)c1cc2cc(NC(=O)[C@H](Cc3ccncc3)NC(=O)c3cc(-c4cccc(Cl)c4F)n[nH]3)ccc2[nH]1. The molecule has 2 aromatic carbocycles. The second-order valence-electron chi connectivity index (χ2n) is 9.05. The lowest BCUT2D eigenvalue weighted by atomic mass is 10.1. The lowest BCUT2D eigenvalue weighted by Gasteiger charge is -2.18. The number of carbonyl (C=O) groups excluding carboxylic acids is 3. The van der Waals surface area contributed by atoms with Gasteiger partial charge in [0.15, 0.2) is 5.82 Å². The molecule has 0 saturated carbocycles. The Morgan fingerprint density at radius 1 is 1.05 bits per heavy atom. The van der Waals surface area contributed by atoms with Crippen molar-refractivity contribution in [3.63, 3.8) is 0 Å². The first-order chi connectivity index (χ1) is 19.8. The van der Waals surface area contributed by atoms with E-state index in [0.717, 1.165) is 5.56 Å². The third-order valence-corrected chi connectivity index (χ3v) is 6.54. The number of hydrogen-bond acceptors (Lipinski definition) is 6. The van der Waals surface area contributed by atoms with Gasteiger partial charge in [0.1, 0.15) is 17.4 Å². The lowest BCUT2D eigenvalue weighted by Crippen LogP contribution is -2.45. The molecule has 208 valence electrons. The van der Waals surface area contributed by atoms with Crippen LogP contribution >= 0.6 is 11.6 Å². The summed E-state index contributed by atoms with van der Waals surface area (Å²) in [6.45, 7) is 1.97. The van der Waals surface area contributed by atoms with Gasteiger partial charge in [-0.15, -0.1) is 0 Å². The van der Waals surface area contributed by atoms with E-state index in [1.54, 1.807) is 61.8 Å². The van der Waals surface area contributed by atoms with Crippen LogP contribution < -0.4 is 10.6 Å². The maximum absolute atomic E-state index is 14.5. The van der Waals surface area contributed by atoms with Crippen molar-refractivity contribution in [3.05, 3.63) is 101 Å². The van der Waals surface area contributed by atoms with Gasteiger partial charge in [0, 0.05) is 41.0 Å². The van der Waals surface area contributed by atoms with Gasteiger partial charge in [-0.2, -0.15) is 5.10 Å². The normalized spacial score (nSPS) is 11.7. The number of halogens is 2. The molecular weight excluding hydrogens is 551 g/mol. The molecular formula is C29H24ClFN6O4. The van der Waals surface area contributed by atoms with Gasteiger partial charge in [-0.1, -0.05) is 17.7 Å². The molecule has 1 atom stereocenters. The number of nitrogens with zero attached hydrogens (tertiary/aromatic N) is 2. The maximum atomic E-state index is 14.5. The number of H-pyrrole nitrogens is 2. The highest BCUT2D eigenvalue weighted by Crippen LogP contribution is 2.26. The standard InChI is InChI=1S/C29H24ClFN6O4/c1-2-41-29(40)25-14-17-13-18(6-7-21(17)34-25)33-27(38)23(12-16-8-10-32-11-9-16)35-28(39)24-15-22(36-37-24)19-4-3-5-20(30)26(19)31/h3-11,13-15,23,34H,2,12H2,1H3,(H,33,38)(H,35,39)(H,36,37)/t23-/m0/s1. The largest absolute Gasteiger partial charge is 0.461 e. The molecule has 4 N–H and O–H groups in total. The van der Waals surface area contributed by atoms with Crippen molar-refractivity contribution in [1.82, 2.24) is 25.5 Å². The van der Waals surface area contributed by atoms with Crippen molar-refractivity contribution in [2.24, 2.45) is 0 Å². The van der Waals surface area contributed by atoms with Crippen molar-refractivity contribution < 1.29 is 23.5 Å². The minimum Gasteiger partial charge on any atom is -0.461 e. The fraction of sp³-hybridized carbons (Fsp3) is 0.138. The van der Waals surface area contributed by atoms with Crippen molar-refractivity contribution in [2.75, 3.05) is 11.9 Å². The number of aromatic nitrogens is 4. The van der Waals surface area contributed by atoms with Crippen molar-refractivity contribution >= 4 is 46.0 Å². The fourth-order valence-corrected chi connectivity index (χ4v) is 4.41. The number of benzene rings is 2. The van der Waals surface area contributed by atoms with E-state index in [4.69, 9.17) is 16.3 Å². The van der Waals surface area contributed by atoms with E-state index >= 15 is 0 Å². The van der Waals surface area contributed by atoms with Crippen molar-refractivity contribution in [3.8, 4) is 11.3 Å². The van der Waals surface area contributed by atoms with Crippen molar-refractivity contribution in [1.29, 1.82) is 0 Å². The molecule has 0 fully saturated rings. The number of esters is 1. The van der Waals surface area contributed by atoms with E-state index in [9.17, 15) is 18.8 Å². The second kappa shape index (κ2) is 12.0. The highest BCUT2D eigenvalue weighted by Gasteiger charge is 2.24. The Morgan fingerprint density at radius 2 is 1.85 bits per heavy atom. The summed E-state index contributed by atoms with van der Waals surface area (Å²) in [7, 11) is 0. The molecule has 0 saturated heterocycles. The molecule has 0 aliphatic carbocycles. The Bertz CT molecular complexity index is 1740. The molecule has 5 aromatic rings. The molecule has 0 unspecified atom stereocenters. The van der Waals surface area contributed by atoms with Crippen LogP contribution in [-0.4, -0.2) is 50.6 Å². The molecule has 3 aromatic heterocycles. The highest BCUT2D eigenvalue weighted by atomic mass is 35.5. The number of carbonyl (C=O) groups is 3. The van der Waals surface area contributed by atoms with Crippen LogP contribution in [0.3, 0.4) is 0 Å². The molecule has 3 heterocycles. The third kappa shape index (κ3) is 6.25. The molecule has 10 nitrogen and oxygen atoms in total. The summed E-state index contributed by atoms with van der Waals surface area (Å²) in [6.07, 6.45) is 3.35. The summed E-state index contributed by atoms with van der Waals surface area (Å²) >= 11 is 5.88. The Morgan fingerprint density at radius 3 is 2.63 bits per heavy atom. The maximum Gasteiger partial charge on any atom is 0.354 e. The van der Waals surface area contributed by atoms with E-state index in [0.29, 0.717) is 22.3 Å². The van der Waals surface area contributed by atoms with Gasteiger partial charge in [-0.05, 0) is 67.1 Å². The quantitative estimate of drug-likeness (QED) is 0.184. The molecule has 0 spiro atoms. The Hall–Kier alpha value is -5.03. The van der Waals surface area contributed by atoms with Gasteiger partial charge in [-0.25, -0.2) is 9.18 Å². The van der Waals surface area contributed by atoms with Crippen molar-refractivity contribution in [2.45, 2.75) is 19.4 Å². The summed E-state index contributed by atoms with van der Waals surface area (Å²) in [5, 5.41) is 12.8. The third-order valence-electron chi connectivity index (χ3n) is 6.24. The van der Waals surface area contributed by atoms with Gasteiger partial charge >= 0.3 is 5.97 Å². The van der Waals surface area contributed by atoms with Gasteiger partial charge in [0.25, 0.3) is 5.91 Å². The van der Waals surface area contributed by atoms with E-state index in [1.807, 2.05) is 0 Å². The summed E-state index contributed by atoms with van der Waals surface area (Å²) in [5.41, 5.74) is 2.58. The topological polar surface area (TPSA) is 142 Å². The minimum atomic E-state index is -0.989. The number of nitrogens with one attached hydrogen (secondary N) is 4. The molecule has 41 heavy (non-hydrogen) atoms. The number of amides is 2. The van der Waals surface area contributed by atoms with Crippen LogP contribution in [0.5, 0.6) is 0 Å². The van der Waals surface area contributed by atoms with Crippen LogP contribution in [0.2, 0.25) is 5.02 Å². The highest BCUT2D eigenvalue weighted by molar-refractivity contribution is 6.31. The van der Waals surface area contributed by atoms with Crippen LogP contribution in [0, 0.1) is 5.82 Å².